The lowest BCUT2D eigenvalue weighted by atomic mass is 10.1. The number of benzene rings is 2. The first kappa shape index (κ1) is 16.0. The predicted molar refractivity (Wildman–Crippen MR) is 98.7 cm³/mol. The van der Waals surface area contributed by atoms with Crippen LogP contribution in [0.15, 0.2) is 48.5 Å². The van der Waals surface area contributed by atoms with Crippen LogP contribution < -0.4 is 4.90 Å². The molecule has 0 N–H and O–H groups in total. The molecule has 2 aromatic carbocycles. The first-order valence-electron chi connectivity index (χ1n) is 8.19. The van der Waals surface area contributed by atoms with Crippen LogP contribution in [0.25, 0.3) is 10.6 Å². The van der Waals surface area contributed by atoms with E-state index in [9.17, 15) is 9.18 Å². The van der Waals surface area contributed by atoms with Crippen LogP contribution in [0.1, 0.15) is 27.9 Å². The summed E-state index contributed by atoms with van der Waals surface area (Å²) >= 11 is 1.37. The number of carbonyl (C=O) groups is 1. The number of amides is 1. The van der Waals surface area contributed by atoms with Gasteiger partial charge in [-0.25, -0.2) is 9.37 Å². The summed E-state index contributed by atoms with van der Waals surface area (Å²) in [6.45, 7) is 3.92. The molecule has 4 rings (SSSR count). The molecular formula is C20H17FN2OS. The van der Waals surface area contributed by atoms with Crippen LogP contribution in [-0.2, 0) is 6.42 Å². The van der Waals surface area contributed by atoms with Crippen molar-refractivity contribution >= 4 is 22.9 Å². The van der Waals surface area contributed by atoms with E-state index < -0.39 is 0 Å². The van der Waals surface area contributed by atoms with Crippen LogP contribution in [0.3, 0.4) is 0 Å². The van der Waals surface area contributed by atoms with Crippen LogP contribution >= 0.6 is 11.3 Å². The van der Waals surface area contributed by atoms with Gasteiger partial charge in [-0.05, 0) is 56.2 Å². The van der Waals surface area contributed by atoms with Gasteiger partial charge in [0.25, 0.3) is 5.91 Å². The number of para-hydroxylation sites is 1. The van der Waals surface area contributed by atoms with Crippen molar-refractivity contribution in [1.82, 2.24) is 4.98 Å². The summed E-state index contributed by atoms with van der Waals surface area (Å²) in [5.74, 6) is -0.295. The van der Waals surface area contributed by atoms with E-state index in [-0.39, 0.29) is 17.8 Å². The summed E-state index contributed by atoms with van der Waals surface area (Å²) in [7, 11) is 0. The van der Waals surface area contributed by atoms with Gasteiger partial charge in [0.15, 0.2) is 0 Å². The third-order valence-electron chi connectivity index (χ3n) is 4.51. The van der Waals surface area contributed by atoms with Crippen molar-refractivity contribution < 1.29 is 9.18 Å². The number of hydrogen-bond acceptors (Lipinski definition) is 3. The van der Waals surface area contributed by atoms with Crippen LogP contribution in [0.2, 0.25) is 0 Å². The van der Waals surface area contributed by atoms with E-state index in [4.69, 9.17) is 0 Å². The quantitative estimate of drug-likeness (QED) is 0.660. The van der Waals surface area contributed by atoms with Crippen LogP contribution in [0.4, 0.5) is 10.1 Å². The summed E-state index contributed by atoms with van der Waals surface area (Å²) in [4.78, 5) is 20.2. The van der Waals surface area contributed by atoms with Crippen molar-refractivity contribution in [2.24, 2.45) is 0 Å². The fourth-order valence-electron chi connectivity index (χ4n) is 3.30. The van der Waals surface area contributed by atoms with Gasteiger partial charge in [-0.3, -0.25) is 4.79 Å². The number of carbonyl (C=O) groups excluding carboxylic acids is 1. The maximum absolute atomic E-state index is 13.2. The smallest absolute Gasteiger partial charge is 0.270 e. The standard InChI is InChI=1S/C20H17FN2OS/c1-12-11-15-5-3-4-6-17(15)23(12)20(24)18-13(2)22-19(25-18)14-7-9-16(21)10-8-14/h3-10,12H,11H2,1-2H3. The van der Waals surface area contributed by atoms with Crippen molar-refractivity contribution in [3.8, 4) is 10.6 Å². The van der Waals surface area contributed by atoms with Crippen LogP contribution in [0.5, 0.6) is 0 Å². The molecule has 2 heterocycles. The molecular weight excluding hydrogens is 335 g/mol. The fraction of sp³-hybridized carbons (Fsp3) is 0.200. The number of nitrogens with zero attached hydrogens (tertiary/aromatic N) is 2. The SMILES string of the molecule is Cc1nc(-c2ccc(F)cc2)sc1C(=O)N1c2ccccc2CC1C. The Morgan fingerprint density at radius 1 is 1.20 bits per heavy atom. The second-order valence-corrected chi connectivity index (χ2v) is 7.30. The number of rotatable bonds is 2. The van der Waals surface area contributed by atoms with Crippen molar-refractivity contribution in [2.45, 2.75) is 26.3 Å². The first-order chi connectivity index (χ1) is 12.0. The molecule has 1 amide bonds. The van der Waals surface area contributed by atoms with Gasteiger partial charge in [-0.1, -0.05) is 18.2 Å². The molecule has 1 aromatic heterocycles. The molecule has 126 valence electrons. The van der Waals surface area contributed by atoms with Crippen molar-refractivity contribution in [3.05, 3.63) is 70.5 Å². The predicted octanol–water partition coefficient (Wildman–Crippen LogP) is 4.85. The van der Waals surface area contributed by atoms with Gasteiger partial charge in [0, 0.05) is 17.3 Å². The Kier molecular flexibility index (Phi) is 3.88. The molecule has 0 aliphatic carbocycles. The molecule has 5 heteroatoms. The molecule has 0 fully saturated rings. The lowest BCUT2D eigenvalue weighted by Gasteiger charge is -2.22. The summed E-state index contributed by atoms with van der Waals surface area (Å²) < 4.78 is 13.1. The Bertz CT molecular complexity index is 949. The molecule has 1 unspecified atom stereocenters. The third-order valence-corrected chi connectivity index (χ3v) is 5.70. The number of aromatic nitrogens is 1. The molecule has 1 aliphatic rings. The second kappa shape index (κ2) is 6.08. The average Bonchev–Trinajstić information content (AvgIpc) is 3.14. The van der Waals surface area contributed by atoms with E-state index in [2.05, 4.69) is 18.0 Å². The van der Waals surface area contributed by atoms with E-state index in [0.717, 1.165) is 22.7 Å². The highest BCUT2D eigenvalue weighted by atomic mass is 32.1. The van der Waals surface area contributed by atoms with Crippen molar-refractivity contribution in [2.75, 3.05) is 4.90 Å². The number of thiazole rings is 1. The van der Waals surface area contributed by atoms with Crippen molar-refractivity contribution in [3.63, 3.8) is 0 Å². The first-order valence-corrected chi connectivity index (χ1v) is 9.01. The lowest BCUT2D eigenvalue weighted by molar-refractivity contribution is 0.0984. The van der Waals surface area contributed by atoms with Crippen molar-refractivity contribution in [1.29, 1.82) is 0 Å². The zero-order chi connectivity index (χ0) is 17.6. The summed E-state index contributed by atoms with van der Waals surface area (Å²) in [6, 6.07) is 14.4. The monoisotopic (exact) mass is 352 g/mol. The second-order valence-electron chi connectivity index (χ2n) is 6.30. The minimum Gasteiger partial charge on any atom is -0.304 e. The largest absolute Gasteiger partial charge is 0.304 e. The molecule has 0 radical (unpaired) electrons. The minimum atomic E-state index is -0.282. The number of anilines is 1. The summed E-state index contributed by atoms with van der Waals surface area (Å²) in [5.41, 5.74) is 3.72. The Labute approximate surface area is 149 Å². The van der Waals surface area contributed by atoms with E-state index >= 15 is 0 Å². The Balaban J connectivity index is 1.71. The molecule has 25 heavy (non-hydrogen) atoms. The van der Waals surface area contributed by atoms with Gasteiger partial charge in [0.05, 0.1) is 5.69 Å². The topological polar surface area (TPSA) is 33.2 Å². The average molecular weight is 352 g/mol. The van der Waals surface area contributed by atoms with E-state index in [1.807, 2.05) is 30.0 Å². The Hall–Kier alpha value is -2.53. The fourth-order valence-corrected chi connectivity index (χ4v) is 4.30. The third kappa shape index (κ3) is 2.74. The lowest BCUT2D eigenvalue weighted by Crippen LogP contribution is -2.35. The number of fused-ring (bicyclic) bond motifs is 1. The van der Waals surface area contributed by atoms with Gasteiger partial charge in [-0.15, -0.1) is 11.3 Å². The zero-order valence-electron chi connectivity index (χ0n) is 14.0. The highest BCUT2D eigenvalue weighted by Gasteiger charge is 2.33. The van der Waals surface area contributed by atoms with Gasteiger partial charge in [-0.2, -0.15) is 0 Å². The van der Waals surface area contributed by atoms with Gasteiger partial charge in [0.2, 0.25) is 0 Å². The highest BCUT2D eigenvalue weighted by Crippen LogP contribution is 2.36. The van der Waals surface area contributed by atoms with Gasteiger partial charge in [0.1, 0.15) is 15.7 Å². The van der Waals surface area contributed by atoms with Gasteiger partial charge >= 0.3 is 0 Å². The molecule has 1 aliphatic heterocycles. The molecule has 0 saturated heterocycles. The van der Waals surface area contributed by atoms with E-state index in [1.54, 1.807) is 12.1 Å². The number of halogens is 1. The van der Waals surface area contributed by atoms with E-state index in [1.165, 1.54) is 29.0 Å². The number of hydrogen-bond donors (Lipinski definition) is 0. The molecule has 3 aromatic rings. The Morgan fingerprint density at radius 3 is 2.68 bits per heavy atom. The molecule has 3 nitrogen and oxygen atoms in total. The minimum absolute atomic E-state index is 0.0131. The maximum Gasteiger partial charge on any atom is 0.270 e. The maximum atomic E-state index is 13.2. The zero-order valence-corrected chi connectivity index (χ0v) is 14.8. The van der Waals surface area contributed by atoms with Crippen LogP contribution in [-0.4, -0.2) is 16.9 Å². The summed E-state index contributed by atoms with van der Waals surface area (Å²) in [6.07, 6.45) is 0.866. The summed E-state index contributed by atoms with van der Waals surface area (Å²) in [5, 5.41) is 0.737. The molecule has 0 saturated carbocycles. The molecule has 0 spiro atoms. The normalized spacial score (nSPS) is 16.1. The Morgan fingerprint density at radius 2 is 1.92 bits per heavy atom. The van der Waals surface area contributed by atoms with E-state index in [0.29, 0.717) is 10.6 Å². The molecule has 0 bridgehead atoms. The molecule has 1 atom stereocenters. The number of aryl methyl sites for hydroxylation is 1. The van der Waals surface area contributed by atoms with Crippen LogP contribution in [0, 0.1) is 12.7 Å². The highest BCUT2D eigenvalue weighted by molar-refractivity contribution is 7.17. The van der Waals surface area contributed by atoms with Gasteiger partial charge < -0.3 is 4.90 Å².